The van der Waals surface area contributed by atoms with Crippen LogP contribution in [0.15, 0.2) is 54.9 Å². The van der Waals surface area contributed by atoms with E-state index < -0.39 is 0 Å². The van der Waals surface area contributed by atoms with Crippen LogP contribution in [0.2, 0.25) is 0 Å². The Kier molecular flexibility index (Phi) is 3.48. The summed E-state index contributed by atoms with van der Waals surface area (Å²) in [6, 6.07) is 13.8. The summed E-state index contributed by atoms with van der Waals surface area (Å²) in [7, 11) is 0. The van der Waals surface area contributed by atoms with E-state index in [0.717, 1.165) is 11.3 Å². The molecule has 4 heteroatoms. The molecule has 1 aromatic heterocycles. The lowest BCUT2D eigenvalue weighted by Gasteiger charge is -2.24. The van der Waals surface area contributed by atoms with Gasteiger partial charge < -0.3 is 0 Å². The van der Waals surface area contributed by atoms with Crippen molar-refractivity contribution in [3.8, 4) is 0 Å². The molecule has 1 fully saturated rings. The largest absolute Gasteiger partial charge is 0.297 e. The molecule has 0 radical (unpaired) electrons. The predicted molar refractivity (Wildman–Crippen MR) is 76.1 cm³/mol. The minimum atomic E-state index is -0.389. The summed E-state index contributed by atoms with van der Waals surface area (Å²) < 4.78 is 0. The molecule has 1 aromatic carbocycles. The molecule has 2 heterocycles. The van der Waals surface area contributed by atoms with Crippen molar-refractivity contribution < 1.29 is 9.63 Å². The fraction of sp³-hybridized carbons (Fsp3) is 0.250. The molecular weight excluding hydrogens is 252 g/mol. The Balaban J connectivity index is 1.95. The highest BCUT2D eigenvalue weighted by Gasteiger charge is 2.37. The van der Waals surface area contributed by atoms with Crippen LogP contribution in [0.1, 0.15) is 24.9 Å². The molecule has 2 aromatic rings. The Morgan fingerprint density at radius 1 is 1.25 bits per heavy atom. The fourth-order valence-electron chi connectivity index (χ4n) is 2.45. The number of carbonyl (C=O) groups is 1. The van der Waals surface area contributed by atoms with Gasteiger partial charge in [0.05, 0.1) is 11.7 Å². The zero-order chi connectivity index (χ0) is 13.9. The first-order valence-electron chi connectivity index (χ1n) is 6.67. The summed E-state index contributed by atoms with van der Waals surface area (Å²) in [5.41, 5.74) is 2.00. The SMILES string of the molecule is CC(=O)[C@H]1C[C@@H](c2cccnc2)N(c2ccccc2)O1. The van der Waals surface area contributed by atoms with E-state index in [-0.39, 0.29) is 17.9 Å². The average Bonchev–Trinajstić information content (AvgIpc) is 2.94. The second kappa shape index (κ2) is 5.43. The number of hydrogen-bond acceptors (Lipinski definition) is 4. The Labute approximate surface area is 118 Å². The quantitative estimate of drug-likeness (QED) is 0.858. The molecule has 20 heavy (non-hydrogen) atoms. The van der Waals surface area contributed by atoms with E-state index in [1.165, 1.54) is 0 Å². The Bertz CT molecular complexity index is 538. The van der Waals surface area contributed by atoms with Crippen LogP contribution in [0.3, 0.4) is 0 Å². The number of para-hydroxylation sites is 1. The number of aromatic nitrogens is 1. The maximum atomic E-state index is 11.6. The lowest BCUT2D eigenvalue weighted by Crippen LogP contribution is -2.23. The molecular formula is C16H16N2O2. The van der Waals surface area contributed by atoms with Crippen molar-refractivity contribution in [3.05, 3.63) is 60.4 Å². The molecule has 102 valence electrons. The summed E-state index contributed by atoms with van der Waals surface area (Å²) in [5.74, 6) is 0.0531. The normalized spacial score (nSPS) is 21.9. The number of hydrogen-bond donors (Lipinski definition) is 0. The van der Waals surface area contributed by atoms with Crippen LogP contribution in [0, 0.1) is 0 Å². The second-order valence-corrected chi connectivity index (χ2v) is 4.90. The van der Waals surface area contributed by atoms with E-state index >= 15 is 0 Å². The van der Waals surface area contributed by atoms with E-state index in [4.69, 9.17) is 4.84 Å². The molecule has 0 spiro atoms. The van der Waals surface area contributed by atoms with E-state index in [1.807, 2.05) is 53.7 Å². The Hall–Kier alpha value is -2.20. The highest BCUT2D eigenvalue weighted by Crippen LogP contribution is 2.37. The van der Waals surface area contributed by atoms with Crippen LogP contribution in [0.4, 0.5) is 5.69 Å². The minimum Gasteiger partial charge on any atom is -0.297 e. The molecule has 0 amide bonds. The summed E-state index contributed by atoms with van der Waals surface area (Å²) in [4.78, 5) is 21.6. The molecule has 2 atom stereocenters. The van der Waals surface area contributed by atoms with Gasteiger partial charge in [0.1, 0.15) is 6.10 Å². The molecule has 0 aliphatic carbocycles. The third-order valence-corrected chi connectivity index (χ3v) is 3.49. The number of nitrogens with zero attached hydrogens (tertiary/aromatic N) is 2. The van der Waals surface area contributed by atoms with Gasteiger partial charge in [-0.1, -0.05) is 24.3 Å². The average molecular weight is 268 g/mol. The summed E-state index contributed by atoms with van der Waals surface area (Å²) in [6.07, 6.45) is 3.83. The number of rotatable bonds is 3. The molecule has 0 saturated carbocycles. The number of hydroxylamine groups is 1. The van der Waals surface area contributed by atoms with Crippen molar-refractivity contribution in [2.45, 2.75) is 25.5 Å². The molecule has 1 saturated heterocycles. The molecule has 0 bridgehead atoms. The maximum Gasteiger partial charge on any atom is 0.161 e. The number of Topliss-reactive ketones (excluding diaryl/α,β-unsaturated/α-hetero) is 1. The first-order chi connectivity index (χ1) is 9.75. The number of benzene rings is 1. The van der Waals surface area contributed by atoms with Gasteiger partial charge in [0.2, 0.25) is 0 Å². The van der Waals surface area contributed by atoms with Crippen molar-refractivity contribution in [3.63, 3.8) is 0 Å². The molecule has 3 rings (SSSR count). The van der Waals surface area contributed by atoms with Crippen LogP contribution in [0.5, 0.6) is 0 Å². The van der Waals surface area contributed by atoms with E-state index in [1.54, 1.807) is 13.1 Å². The Morgan fingerprint density at radius 3 is 2.70 bits per heavy atom. The first kappa shape index (κ1) is 12.8. The topological polar surface area (TPSA) is 42.4 Å². The van der Waals surface area contributed by atoms with Gasteiger partial charge in [0.25, 0.3) is 0 Å². The smallest absolute Gasteiger partial charge is 0.161 e. The van der Waals surface area contributed by atoms with Crippen molar-refractivity contribution in [1.29, 1.82) is 0 Å². The number of anilines is 1. The van der Waals surface area contributed by atoms with Gasteiger partial charge in [-0.25, -0.2) is 5.06 Å². The lowest BCUT2D eigenvalue weighted by atomic mass is 10.0. The zero-order valence-electron chi connectivity index (χ0n) is 11.3. The van der Waals surface area contributed by atoms with Gasteiger partial charge >= 0.3 is 0 Å². The van der Waals surface area contributed by atoms with Gasteiger partial charge in [-0.05, 0) is 30.7 Å². The predicted octanol–water partition coefficient (Wildman–Crippen LogP) is 2.92. The highest BCUT2D eigenvalue weighted by molar-refractivity contribution is 5.81. The molecule has 1 aliphatic rings. The van der Waals surface area contributed by atoms with Crippen LogP contribution in [-0.4, -0.2) is 16.9 Å². The molecule has 0 N–H and O–H groups in total. The highest BCUT2D eigenvalue weighted by atomic mass is 16.7. The number of pyridine rings is 1. The second-order valence-electron chi connectivity index (χ2n) is 4.90. The van der Waals surface area contributed by atoms with Gasteiger partial charge in [-0.15, -0.1) is 0 Å². The molecule has 1 aliphatic heterocycles. The molecule has 0 unspecified atom stereocenters. The number of carbonyl (C=O) groups excluding carboxylic acids is 1. The van der Waals surface area contributed by atoms with Crippen LogP contribution in [0.25, 0.3) is 0 Å². The van der Waals surface area contributed by atoms with Crippen molar-refractivity contribution in [1.82, 2.24) is 4.98 Å². The standard InChI is InChI=1S/C16H16N2O2/c1-12(19)16-10-15(13-6-5-9-17-11-13)18(20-16)14-7-3-2-4-8-14/h2-9,11,15-16H,10H2,1H3/t15-,16+/m0/s1. The monoisotopic (exact) mass is 268 g/mol. The van der Waals surface area contributed by atoms with Crippen molar-refractivity contribution in [2.24, 2.45) is 0 Å². The lowest BCUT2D eigenvalue weighted by molar-refractivity contribution is -0.126. The van der Waals surface area contributed by atoms with Crippen molar-refractivity contribution >= 4 is 11.5 Å². The van der Waals surface area contributed by atoms with E-state index in [2.05, 4.69) is 4.98 Å². The summed E-state index contributed by atoms with van der Waals surface area (Å²) in [6.45, 7) is 1.57. The van der Waals surface area contributed by atoms with Gasteiger partial charge in [0.15, 0.2) is 5.78 Å². The van der Waals surface area contributed by atoms with Gasteiger partial charge in [-0.3, -0.25) is 14.6 Å². The van der Waals surface area contributed by atoms with Gasteiger partial charge in [0, 0.05) is 18.8 Å². The van der Waals surface area contributed by atoms with Crippen LogP contribution < -0.4 is 5.06 Å². The fourth-order valence-corrected chi connectivity index (χ4v) is 2.45. The summed E-state index contributed by atoms with van der Waals surface area (Å²) in [5, 5.41) is 1.82. The Morgan fingerprint density at radius 2 is 2.05 bits per heavy atom. The van der Waals surface area contributed by atoms with Gasteiger partial charge in [-0.2, -0.15) is 0 Å². The minimum absolute atomic E-state index is 0.0139. The first-order valence-corrected chi connectivity index (χ1v) is 6.67. The third-order valence-electron chi connectivity index (χ3n) is 3.49. The van der Waals surface area contributed by atoms with Crippen LogP contribution in [-0.2, 0) is 9.63 Å². The number of ketones is 1. The molecule has 4 nitrogen and oxygen atoms in total. The summed E-state index contributed by atoms with van der Waals surface area (Å²) >= 11 is 0. The van der Waals surface area contributed by atoms with Crippen LogP contribution >= 0.6 is 0 Å². The van der Waals surface area contributed by atoms with Crippen molar-refractivity contribution in [2.75, 3.05) is 5.06 Å². The zero-order valence-corrected chi connectivity index (χ0v) is 11.3. The van der Waals surface area contributed by atoms with E-state index in [0.29, 0.717) is 6.42 Å². The van der Waals surface area contributed by atoms with E-state index in [9.17, 15) is 4.79 Å². The third kappa shape index (κ3) is 2.42. The maximum absolute atomic E-state index is 11.6.